The van der Waals surface area contributed by atoms with Gasteiger partial charge in [-0.1, -0.05) is 18.2 Å². The fourth-order valence-electron chi connectivity index (χ4n) is 5.32. The number of rotatable bonds is 7. The van der Waals surface area contributed by atoms with Crippen molar-refractivity contribution in [1.29, 1.82) is 0 Å². The molecule has 2 aliphatic rings. The second kappa shape index (κ2) is 14.7. The molecule has 2 fully saturated rings. The number of carbonyl (C=O) groups is 3. The van der Waals surface area contributed by atoms with Gasteiger partial charge in [-0.3, -0.25) is 14.4 Å². The first-order valence-electron chi connectivity index (χ1n) is 13.7. The third-order valence-corrected chi connectivity index (χ3v) is 7.75. The fourth-order valence-corrected chi connectivity index (χ4v) is 5.32. The number of halogens is 3. The van der Waals surface area contributed by atoms with Crippen LogP contribution in [0.25, 0.3) is 0 Å². The van der Waals surface area contributed by atoms with E-state index >= 15 is 0 Å². The van der Waals surface area contributed by atoms with E-state index in [1.54, 1.807) is 0 Å². The second-order valence-electron chi connectivity index (χ2n) is 10.6. The van der Waals surface area contributed by atoms with Crippen molar-refractivity contribution in [1.82, 2.24) is 4.90 Å². The van der Waals surface area contributed by atoms with E-state index in [1.807, 2.05) is 72.4 Å². The molecule has 0 unspecified atom stereocenters. The van der Waals surface area contributed by atoms with Gasteiger partial charge in [-0.05, 0) is 74.3 Å². The van der Waals surface area contributed by atoms with E-state index in [4.69, 9.17) is 14.6 Å². The summed E-state index contributed by atoms with van der Waals surface area (Å²) in [4.78, 5) is 37.4. The van der Waals surface area contributed by atoms with Crippen molar-refractivity contribution in [2.45, 2.75) is 50.6 Å². The summed E-state index contributed by atoms with van der Waals surface area (Å²) in [5.74, 6) is -0.919. The summed E-state index contributed by atoms with van der Waals surface area (Å²) in [7, 11) is 3.90. The van der Waals surface area contributed by atoms with Crippen molar-refractivity contribution < 1.29 is 37.4 Å². The maximum absolute atomic E-state index is 12.9. The number of nitrogens with zero attached hydrogens (tertiary/aromatic N) is 2. The van der Waals surface area contributed by atoms with Gasteiger partial charge in [0.1, 0.15) is 5.75 Å². The van der Waals surface area contributed by atoms with Gasteiger partial charge in [0.15, 0.2) is 6.61 Å². The molecule has 1 aliphatic heterocycles. The van der Waals surface area contributed by atoms with E-state index in [2.05, 4.69) is 5.32 Å². The first-order chi connectivity index (χ1) is 19.5. The number of likely N-dealkylation sites (tertiary alicyclic amines) is 1. The van der Waals surface area contributed by atoms with Gasteiger partial charge in [0.05, 0.1) is 5.92 Å². The van der Waals surface area contributed by atoms with Crippen molar-refractivity contribution in [3.8, 4) is 5.75 Å². The summed E-state index contributed by atoms with van der Waals surface area (Å²) in [5.41, 5.74) is 2.81. The van der Waals surface area contributed by atoms with Crippen LogP contribution in [0.2, 0.25) is 0 Å². The Labute approximate surface area is 238 Å². The van der Waals surface area contributed by atoms with E-state index in [0.717, 1.165) is 24.1 Å². The third-order valence-electron chi connectivity index (χ3n) is 7.75. The largest absolute Gasteiger partial charge is 0.484 e. The Hall–Kier alpha value is -3.76. The number of ether oxygens (including phenoxy) is 1. The Morgan fingerprint density at radius 3 is 2.20 bits per heavy atom. The summed E-state index contributed by atoms with van der Waals surface area (Å²) in [6.45, 7) is 1.07. The Kier molecular flexibility index (Phi) is 11.4. The molecule has 8 nitrogen and oxygen atoms in total. The summed E-state index contributed by atoms with van der Waals surface area (Å²) >= 11 is 0. The summed E-state index contributed by atoms with van der Waals surface area (Å²) in [6.07, 6.45) is -1.94. The lowest BCUT2D eigenvalue weighted by Crippen LogP contribution is -2.40. The van der Waals surface area contributed by atoms with Crippen LogP contribution in [-0.2, 0) is 14.4 Å². The van der Waals surface area contributed by atoms with Gasteiger partial charge in [0, 0.05) is 50.5 Å². The van der Waals surface area contributed by atoms with Crippen LogP contribution >= 0.6 is 0 Å². The average Bonchev–Trinajstić information content (AvgIpc) is 2.96. The number of carbonyl (C=O) groups excluding carboxylic acids is 2. The van der Waals surface area contributed by atoms with E-state index in [1.165, 1.54) is 0 Å². The minimum atomic E-state index is -4.17. The molecule has 1 aliphatic carbocycles. The summed E-state index contributed by atoms with van der Waals surface area (Å²) in [6, 6.07) is 15.3. The van der Waals surface area contributed by atoms with Crippen LogP contribution in [-0.4, -0.2) is 68.3 Å². The van der Waals surface area contributed by atoms with Crippen LogP contribution in [0.4, 0.5) is 24.5 Å². The highest BCUT2D eigenvalue weighted by atomic mass is 19.4. The number of amides is 2. The van der Waals surface area contributed by atoms with Crippen LogP contribution in [0, 0.1) is 11.8 Å². The van der Waals surface area contributed by atoms with Crippen LogP contribution in [0.15, 0.2) is 48.5 Å². The summed E-state index contributed by atoms with van der Waals surface area (Å²) < 4.78 is 44.4. The molecule has 2 amide bonds. The zero-order valence-corrected chi connectivity index (χ0v) is 23.4. The Morgan fingerprint density at radius 2 is 1.63 bits per heavy atom. The number of benzene rings is 2. The molecule has 2 N–H and O–H groups in total. The fraction of sp³-hybridized carbons (Fsp3) is 0.500. The highest BCUT2D eigenvalue weighted by molar-refractivity contribution is 5.92. The molecule has 2 aromatic carbocycles. The highest BCUT2D eigenvalue weighted by Crippen LogP contribution is 2.40. The molecule has 1 saturated heterocycles. The lowest BCUT2D eigenvalue weighted by atomic mass is 9.81. The predicted octanol–water partition coefficient (Wildman–Crippen LogP) is 5.55. The molecular formula is C30H38F3N3O5. The van der Waals surface area contributed by atoms with Gasteiger partial charge in [-0.15, -0.1) is 0 Å². The second-order valence-corrected chi connectivity index (χ2v) is 10.6. The smallest absolute Gasteiger partial charge is 0.391 e. The minimum Gasteiger partial charge on any atom is -0.484 e. The molecule has 0 aromatic heterocycles. The monoisotopic (exact) mass is 577 g/mol. The number of alkyl halides is 3. The van der Waals surface area contributed by atoms with Crippen LogP contribution in [0.5, 0.6) is 5.75 Å². The number of hydrogen-bond acceptors (Lipinski definition) is 5. The molecular weight excluding hydrogens is 539 g/mol. The highest BCUT2D eigenvalue weighted by Gasteiger charge is 2.42. The first kappa shape index (κ1) is 31.8. The predicted molar refractivity (Wildman–Crippen MR) is 150 cm³/mol. The van der Waals surface area contributed by atoms with Crippen molar-refractivity contribution in [3.05, 3.63) is 54.1 Å². The summed E-state index contributed by atoms with van der Waals surface area (Å²) in [5, 5.41) is 9.75. The molecule has 0 spiro atoms. The Morgan fingerprint density at radius 1 is 1.02 bits per heavy atom. The number of carboxylic acid groups (broad SMARTS) is 1. The SMILES string of the molecule is CN(C)c1cccc(OCC(=O)N2CCC(c3ccc(NC(=O)C4CCC(C(F)(F)F)CC4)cc3)CC2)c1.O=CO. The molecule has 224 valence electrons. The van der Waals surface area contributed by atoms with Gasteiger partial charge >= 0.3 is 6.18 Å². The zero-order chi connectivity index (χ0) is 30.0. The molecule has 11 heteroatoms. The number of anilines is 2. The molecule has 0 radical (unpaired) electrons. The lowest BCUT2D eigenvalue weighted by Gasteiger charge is -2.32. The van der Waals surface area contributed by atoms with Crippen molar-refractivity contribution >= 4 is 29.7 Å². The lowest BCUT2D eigenvalue weighted by molar-refractivity contribution is -0.184. The van der Waals surface area contributed by atoms with E-state index in [-0.39, 0.29) is 56.5 Å². The minimum absolute atomic E-state index is 0.00774. The van der Waals surface area contributed by atoms with Crippen molar-refractivity contribution in [2.24, 2.45) is 11.8 Å². The molecule has 41 heavy (non-hydrogen) atoms. The Balaban J connectivity index is 0.00000147. The molecule has 2 aromatic rings. The molecule has 1 heterocycles. The molecule has 4 rings (SSSR count). The van der Waals surface area contributed by atoms with Crippen molar-refractivity contribution in [2.75, 3.05) is 44.0 Å². The van der Waals surface area contributed by atoms with Crippen LogP contribution in [0.1, 0.15) is 50.0 Å². The van der Waals surface area contributed by atoms with E-state index in [9.17, 15) is 22.8 Å². The van der Waals surface area contributed by atoms with Crippen molar-refractivity contribution in [3.63, 3.8) is 0 Å². The van der Waals surface area contributed by atoms with Gasteiger partial charge in [0.25, 0.3) is 12.4 Å². The van der Waals surface area contributed by atoms with Crippen LogP contribution in [0.3, 0.4) is 0 Å². The maximum Gasteiger partial charge on any atom is 0.391 e. The molecule has 1 saturated carbocycles. The maximum atomic E-state index is 12.9. The third kappa shape index (κ3) is 9.40. The average molecular weight is 578 g/mol. The van der Waals surface area contributed by atoms with E-state index in [0.29, 0.717) is 30.4 Å². The number of piperidine rings is 1. The van der Waals surface area contributed by atoms with Crippen LogP contribution < -0.4 is 15.0 Å². The van der Waals surface area contributed by atoms with Gasteiger partial charge < -0.3 is 25.0 Å². The van der Waals surface area contributed by atoms with Gasteiger partial charge in [-0.2, -0.15) is 13.2 Å². The quantitative estimate of drug-likeness (QED) is 0.419. The standard InChI is InChI=1S/C29H36F3N3O3.CH2O2/c1-34(2)25-4-3-5-26(18-25)38-19-27(36)35-16-14-21(15-17-35)20-8-12-24(13-9-20)33-28(37)22-6-10-23(11-7-22)29(30,31)32;2-1-3/h3-5,8-9,12-13,18,21-23H,6-7,10-11,14-17,19H2,1-2H3,(H,33,37);1H,(H,2,3). The van der Waals surface area contributed by atoms with Gasteiger partial charge in [0.2, 0.25) is 5.91 Å². The number of hydrogen-bond donors (Lipinski definition) is 2. The van der Waals surface area contributed by atoms with E-state index < -0.39 is 12.1 Å². The topological polar surface area (TPSA) is 99.2 Å². The Bertz CT molecular complexity index is 1140. The normalized spacial score (nSPS) is 19.4. The zero-order valence-electron chi connectivity index (χ0n) is 23.4. The number of nitrogens with one attached hydrogen (secondary N) is 1. The van der Waals surface area contributed by atoms with Gasteiger partial charge in [-0.25, -0.2) is 0 Å². The molecule has 0 bridgehead atoms. The first-order valence-corrected chi connectivity index (χ1v) is 13.7. The molecule has 0 atom stereocenters.